The molecule has 0 aliphatic carbocycles. The Morgan fingerprint density at radius 3 is 1.83 bits per heavy atom. The predicted octanol–water partition coefficient (Wildman–Crippen LogP) is 5.52. The van der Waals surface area contributed by atoms with E-state index in [1.54, 1.807) is 26.8 Å². The summed E-state index contributed by atoms with van der Waals surface area (Å²) in [6, 6.07) is 0. The molecular weight excluding hydrogens is 731 g/mol. The Bertz CT molecular complexity index is 1400. The van der Waals surface area contributed by atoms with Gasteiger partial charge in [-0.25, -0.2) is 0 Å². The van der Waals surface area contributed by atoms with Crippen molar-refractivity contribution in [3.05, 3.63) is 36.7 Å². The van der Waals surface area contributed by atoms with Crippen LogP contribution in [0, 0.1) is 0 Å². The average molecular weight is 786 g/mol. The van der Waals surface area contributed by atoms with Crippen LogP contribution in [0.4, 0.5) is 4.79 Å². The third kappa shape index (κ3) is 11.9. The van der Waals surface area contributed by atoms with Crippen molar-refractivity contribution in [2.45, 2.75) is 144 Å². The molecule has 4 atom stereocenters. The van der Waals surface area contributed by atoms with E-state index >= 15 is 0 Å². The first-order chi connectivity index (χ1) is 22.5. The molecule has 48 heavy (non-hydrogen) atoms. The number of ether oxygens (including phenoxy) is 5. The molecule has 2 heterocycles. The molecule has 0 saturated carbocycles. The van der Waals surface area contributed by atoms with Crippen LogP contribution in [0.15, 0.2) is 19.9 Å². The van der Waals surface area contributed by atoms with Gasteiger partial charge in [-0.15, -0.1) is 0 Å². The zero-order valence-corrected chi connectivity index (χ0v) is 32.9. The minimum absolute atomic E-state index is 0.0451. The molecule has 0 aromatic carbocycles. The van der Waals surface area contributed by atoms with E-state index in [1.165, 1.54) is 13.1 Å². The summed E-state index contributed by atoms with van der Waals surface area (Å²) >= 11 is -2.98. The molecule has 0 amide bonds. The molecule has 2 rings (SSSR count). The summed E-state index contributed by atoms with van der Waals surface area (Å²) in [6.45, 7) is 14.4. The fourth-order valence-electron chi connectivity index (χ4n) is 5.75. The molecule has 1 aliphatic heterocycles. The van der Waals surface area contributed by atoms with E-state index in [0.717, 1.165) is 70.2 Å². The van der Waals surface area contributed by atoms with Gasteiger partial charge in [0.1, 0.15) is 0 Å². The van der Waals surface area contributed by atoms with Crippen molar-refractivity contribution >= 4 is 48.5 Å². The summed E-state index contributed by atoms with van der Waals surface area (Å²) in [7, 11) is 0. The number of hydrogen-bond donors (Lipinski definition) is 0. The van der Waals surface area contributed by atoms with E-state index in [-0.39, 0.29) is 5.56 Å². The summed E-state index contributed by atoms with van der Waals surface area (Å²) in [5.41, 5.74) is -2.96. The normalized spacial score (nSPS) is 19.7. The van der Waals surface area contributed by atoms with E-state index in [9.17, 15) is 28.8 Å². The van der Waals surface area contributed by atoms with E-state index in [2.05, 4.69) is 24.9 Å². The summed E-state index contributed by atoms with van der Waals surface area (Å²) < 4.78 is 34.6. The number of carbonyl (C=O) groups is 4. The average Bonchev–Trinajstić information content (AvgIpc) is 3.30. The van der Waals surface area contributed by atoms with Crippen LogP contribution in [0.25, 0.3) is 6.08 Å². The van der Waals surface area contributed by atoms with Crippen LogP contribution in [0.5, 0.6) is 0 Å². The molecule has 14 heteroatoms. The Labute approximate surface area is 287 Å². The monoisotopic (exact) mass is 786 g/mol. The first-order valence-corrected chi connectivity index (χ1v) is 24.6. The predicted molar refractivity (Wildman–Crippen MR) is 182 cm³/mol. The Kier molecular flexibility index (Phi) is 16.1. The van der Waals surface area contributed by atoms with E-state index in [4.69, 9.17) is 23.7 Å². The van der Waals surface area contributed by atoms with Gasteiger partial charge >= 0.3 is 288 Å². The topological polar surface area (TPSA) is 158 Å². The van der Waals surface area contributed by atoms with Gasteiger partial charge in [0.15, 0.2) is 0 Å². The Balaban J connectivity index is 2.89. The second-order valence-corrected chi connectivity index (χ2v) is 26.4. The quantitative estimate of drug-likeness (QED) is 0.118. The second-order valence-electron chi connectivity index (χ2n) is 13.4. The molecule has 13 nitrogen and oxygen atoms in total. The molecule has 1 fully saturated rings. The van der Waals surface area contributed by atoms with Gasteiger partial charge in [-0.1, -0.05) is 0 Å². The van der Waals surface area contributed by atoms with Crippen LogP contribution in [-0.4, -0.2) is 82.0 Å². The van der Waals surface area contributed by atoms with Crippen LogP contribution >= 0.6 is 0 Å². The number of nitrogens with zero attached hydrogens (tertiary/aromatic N) is 2. The Hall–Kier alpha value is -2.94. The SMILES string of the molecule is CCC[CH2][Sn](/[CH]=C/c1cn([C@@H]2O[C@H](COC(C)=O)C(OC(C)=O)C2OC(C)=O)c(=O)n(C(=O)OC(C)(C)C)c1=O)([CH2]CCC)[CH2]CCC. The van der Waals surface area contributed by atoms with Gasteiger partial charge in [0.2, 0.25) is 0 Å². The van der Waals surface area contributed by atoms with Crippen molar-refractivity contribution in [1.82, 2.24) is 9.13 Å². The number of carbonyl (C=O) groups excluding carboxylic acids is 4. The number of aromatic nitrogens is 2. The molecule has 0 radical (unpaired) electrons. The molecular formula is C34H54N2O11Sn. The number of hydrogen-bond acceptors (Lipinski definition) is 11. The second kappa shape index (κ2) is 18.7. The Morgan fingerprint density at radius 1 is 0.854 bits per heavy atom. The summed E-state index contributed by atoms with van der Waals surface area (Å²) in [5.74, 6) is -2.15. The van der Waals surface area contributed by atoms with Crippen LogP contribution in [-0.2, 0) is 38.1 Å². The zero-order valence-electron chi connectivity index (χ0n) is 30.0. The minimum atomic E-state index is -2.98. The first-order valence-electron chi connectivity index (χ1n) is 16.9. The molecule has 1 saturated heterocycles. The van der Waals surface area contributed by atoms with Gasteiger partial charge in [0.05, 0.1) is 0 Å². The first kappa shape index (κ1) is 41.2. The van der Waals surface area contributed by atoms with Crippen molar-refractivity contribution in [3.63, 3.8) is 0 Å². The molecule has 1 aromatic rings. The van der Waals surface area contributed by atoms with Crippen LogP contribution in [0.3, 0.4) is 0 Å². The molecule has 2 unspecified atom stereocenters. The summed E-state index contributed by atoms with van der Waals surface area (Å²) in [5, 5.41) is 0. The molecule has 1 aliphatic rings. The molecule has 0 bridgehead atoms. The fraction of sp³-hybridized carbons (Fsp3) is 0.706. The number of rotatable bonds is 16. The molecule has 270 valence electrons. The van der Waals surface area contributed by atoms with Crippen molar-refractivity contribution in [1.29, 1.82) is 0 Å². The Morgan fingerprint density at radius 2 is 1.38 bits per heavy atom. The van der Waals surface area contributed by atoms with Crippen molar-refractivity contribution in [3.8, 4) is 0 Å². The van der Waals surface area contributed by atoms with Gasteiger partial charge in [-0.2, -0.15) is 0 Å². The molecule has 0 N–H and O–H groups in total. The van der Waals surface area contributed by atoms with Gasteiger partial charge in [-0.3, -0.25) is 0 Å². The van der Waals surface area contributed by atoms with E-state index in [1.807, 2.05) is 0 Å². The maximum atomic E-state index is 14.0. The van der Waals surface area contributed by atoms with Gasteiger partial charge in [-0.05, 0) is 0 Å². The fourth-order valence-corrected chi connectivity index (χ4v) is 19.9. The molecule has 1 aromatic heterocycles. The third-order valence-electron chi connectivity index (χ3n) is 8.03. The standard InChI is InChI=1S/C22H27N2O11.3C4H9.Sn/c1-8-14-9-23(20(29)24(18(14)28)21(30)35-22(5,6)7)19-17(33-13(4)27)16(32-12(3)26)15(34-19)10-31-11(2)25;3*1-3-4-2;/h1,8-9,15-17,19H,10H2,2-7H3;3*1,3-4H2,2H3;/t15-,16?,17?,19-;;;;/m1..../s1. The summed E-state index contributed by atoms with van der Waals surface area (Å²) in [6.07, 6.45) is 2.90. The zero-order chi connectivity index (χ0) is 36.2. The maximum absolute atomic E-state index is 14.0. The van der Waals surface area contributed by atoms with E-state index in [0.29, 0.717) is 4.57 Å². The van der Waals surface area contributed by atoms with Crippen LogP contribution in [0.1, 0.15) is 113 Å². The number of unbranched alkanes of at least 4 members (excludes halogenated alkanes) is 3. The number of esters is 3. The van der Waals surface area contributed by atoms with Gasteiger partial charge < -0.3 is 0 Å². The van der Waals surface area contributed by atoms with Gasteiger partial charge in [0.25, 0.3) is 0 Å². The van der Waals surface area contributed by atoms with Crippen LogP contribution < -0.4 is 11.2 Å². The van der Waals surface area contributed by atoms with Crippen molar-refractivity contribution in [2.75, 3.05) is 6.61 Å². The summed E-state index contributed by atoms with van der Waals surface area (Å²) in [4.78, 5) is 77.4. The van der Waals surface area contributed by atoms with Crippen molar-refractivity contribution < 1.29 is 42.9 Å². The van der Waals surface area contributed by atoms with Gasteiger partial charge in [0, 0.05) is 0 Å². The van der Waals surface area contributed by atoms with Crippen molar-refractivity contribution in [2.24, 2.45) is 0 Å². The van der Waals surface area contributed by atoms with E-state index < -0.39 is 90.4 Å². The third-order valence-corrected chi connectivity index (χ3v) is 22.1. The molecule has 0 spiro atoms. The van der Waals surface area contributed by atoms with Crippen LogP contribution in [0.2, 0.25) is 13.3 Å².